The second-order valence-corrected chi connectivity index (χ2v) is 11.2. The number of hydrogen-bond donors (Lipinski definition) is 0. The van der Waals surface area contributed by atoms with Crippen LogP contribution in [0.15, 0.2) is 152 Å². The monoisotopic (exact) mass is 576 g/mol. The Labute approximate surface area is 260 Å². The molecule has 7 aromatic rings. The molecule has 0 spiro atoms. The zero-order valence-electron chi connectivity index (χ0n) is 24.2. The maximum atomic E-state index is 4.62. The van der Waals surface area contributed by atoms with E-state index in [1.54, 1.807) is 0 Å². The van der Waals surface area contributed by atoms with Crippen molar-refractivity contribution < 1.29 is 0 Å². The van der Waals surface area contributed by atoms with Gasteiger partial charge in [-0.3, -0.25) is 9.97 Å². The third kappa shape index (κ3) is 4.00. The molecule has 9 rings (SSSR count). The molecule has 0 amide bonds. The lowest BCUT2D eigenvalue weighted by Gasteiger charge is -2.27. The van der Waals surface area contributed by atoms with Gasteiger partial charge in [0.1, 0.15) is 0 Å². The molecule has 0 saturated heterocycles. The van der Waals surface area contributed by atoms with Gasteiger partial charge < -0.3 is 9.47 Å². The lowest BCUT2D eigenvalue weighted by atomic mass is 9.99. The van der Waals surface area contributed by atoms with Gasteiger partial charge in [-0.15, -0.1) is 0 Å². The summed E-state index contributed by atoms with van der Waals surface area (Å²) in [4.78, 5) is 11.6. The zero-order valence-corrected chi connectivity index (χ0v) is 24.2. The minimum Gasteiger partial charge on any atom is -0.309 e. The highest BCUT2D eigenvalue weighted by Gasteiger charge is 2.31. The summed E-state index contributed by atoms with van der Waals surface area (Å²) in [6.07, 6.45) is 11.6. The van der Waals surface area contributed by atoms with Gasteiger partial charge in [-0.2, -0.15) is 0 Å². The van der Waals surface area contributed by atoms with Gasteiger partial charge in [0.05, 0.1) is 33.8 Å². The van der Waals surface area contributed by atoms with E-state index in [1.807, 2.05) is 49.1 Å². The first-order valence-electron chi connectivity index (χ1n) is 15.0. The first kappa shape index (κ1) is 25.2. The molecule has 4 aromatic carbocycles. The van der Waals surface area contributed by atoms with Crippen molar-refractivity contribution in [1.82, 2.24) is 19.2 Å². The molecule has 0 unspecified atom stereocenters. The summed E-state index contributed by atoms with van der Waals surface area (Å²) in [6.45, 7) is 0. The Morgan fingerprint density at radius 1 is 0.622 bits per heavy atom. The number of anilines is 3. The van der Waals surface area contributed by atoms with E-state index in [2.05, 4.69) is 133 Å². The van der Waals surface area contributed by atoms with Crippen molar-refractivity contribution in [2.45, 2.75) is 0 Å². The van der Waals surface area contributed by atoms with Crippen LogP contribution < -0.4 is 9.57 Å². The first-order valence-corrected chi connectivity index (χ1v) is 15.0. The van der Waals surface area contributed by atoms with Gasteiger partial charge in [-0.1, -0.05) is 65.3 Å². The molecular formula is C40H26N5+. The maximum absolute atomic E-state index is 4.62. The third-order valence-electron chi connectivity index (χ3n) is 8.62. The molecule has 5 heteroatoms. The summed E-state index contributed by atoms with van der Waals surface area (Å²) in [5.41, 5.74) is 14.2. The number of fused-ring (bicyclic) bond motifs is 7. The second kappa shape index (κ2) is 10.2. The number of benzene rings is 4. The molecule has 0 saturated carbocycles. The van der Waals surface area contributed by atoms with Crippen molar-refractivity contribution in [2.75, 3.05) is 4.90 Å². The van der Waals surface area contributed by atoms with Crippen LogP contribution in [0.3, 0.4) is 0 Å². The molecule has 2 aliphatic heterocycles. The summed E-state index contributed by atoms with van der Waals surface area (Å²) in [7, 11) is 0. The number of para-hydroxylation sites is 2. The van der Waals surface area contributed by atoms with Gasteiger partial charge in [-0.25, -0.2) is 0 Å². The fraction of sp³-hybridized carbons (Fsp3) is 0. The molecule has 2 aliphatic rings. The predicted molar refractivity (Wildman–Crippen MR) is 185 cm³/mol. The van der Waals surface area contributed by atoms with E-state index in [4.69, 9.17) is 0 Å². The number of allylic oxidation sites excluding steroid dienone is 2. The second-order valence-electron chi connectivity index (χ2n) is 11.2. The summed E-state index contributed by atoms with van der Waals surface area (Å²) in [5, 5.41) is 1.11. The fourth-order valence-corrected chi connectivity index (χ4v) is 6.68. The lowest BCUT2D eigenvalue weighted by Crippen LogP contribution is -2.11. The molecule has 0 fully saturated rings. The number of nitrogens with zero attached hydrogens (tertiary/aromatic N) is 5. The predicted octanol–water partition coefficient (Wildman–Crippen LogP) is 8.70. The third-order valence-corrected chi connectivity index (χ3v) is 8.62. The summed E-state index contributed by atoms with van der Waals surface area (Å²) in [6, 6.07) is 42.9. The van der Waals surface area contributed by atoms with Crippen molar-refractivity contribution in [3.63, 3.8) is 0 Å². The average molecular weight is 577 g/mol. The van der Waals surface area contributed by atoms with Crippen LogP contribution in [-0.2, 0) is 0 Å². The Balaban J connectivity index is 1.33. The molecule has 5 heterocycles. The normalized spacial score (nSPS) is 12.9. The highest BCUT2D eigenvalue weighted by molar-refractivity contribution is 6.15. The van der Waals surface area contributed by atoms with E-state index in [-0.39, 0.29) is 0 Å². The van der Waals surface area contributed by atoms with Gasteiger partial charge in [-0.05, 0) is 60.7 Å². The van der Waals surface area contributed by atoms with Gasteiger partial charge in [0.25, 0.3) is 6.21 Å². The lowest BCUT2D eigenvalue weighted by molar-refractivity contribution is 1.13. The van der Waals surface area contributed by atoms with Gasteiger partial charge in [0.15, 0.2) is 0 Å². The minimum absolute atomic E-state index is 0.959. The zero-order chi connectivity index (χ0) is 29.7. The Hall–Kier alpha value is -6.29. The standard InChI is InChI=1S/C40H26N5/c1-3-15-36-31(11-1)39-33-26-41-24-21-38(33)45(30-10-7-9-28(25-30)35-14-8-23-43-35)40(39)32-12-2-4-16-37(32)44(36)29-19-17-27(18-20-29)34-13-5-6-22-42-34/h1-26H/q+1. The van der Waals surface area contributed by atoms with E-state index in [0.717, 1.165) is 73.0 Å². The Morgan fingerprint density at radius 2 is 1.42 bits per heavy atom. The van der Waals surface area contributed by atoms with Gasteiger partial charge in [0, 0.05) is 69.8 Å². The van der Waals surface area contributed by atoms with Crippen molar-refractivity contribution in [3.05, 3.63) is 158 Å². The Bertz CT molecular complexity index is 2360. The van der Waals surface area contributed by atoms with Crippen molar-refractivity contribution >= 4 is 39.9 Å². The average Bonchev–Trinajstić information content (AvgIpc) is 3.75. The molecule has 210 valence electrons. The molecule has 0 aliphatic carbocycles. The van der Waals surface area contributed by atoms with E-state index in [0.29, 0.717) is 0 Å². The maximum Gasteiger partial charge on any atom is 0.334 e. The van der Waals surface area contributed by atoms with Crippen LogP contribution in [0.5, 0.6) is 0 Å². The van der Waals surface area contributed by atoms with Crippen LogP contribution in [0, 0.1) is 0 Å². The minimum atomic E-state index is 0.959. The van der Waals surface area contributed by atoms with E-state index < -0.39 is 0 Å². The van der Waals surface area contributed by atoms with Crippen LogP contribution in [0.2, 0.25) is 0 Å². The smallest absolute Gasteiger partial charge is 0.309 e. The Morgan fingerprint density at radius 3 is 2.22 bits per heavy atom. The quantitative estimate of drug-likeness (QED) is 0.197. The molecule has 5 nitrogen and oxygen atoms in total. The molecule has 3 aromatic heterocycles. The highest BCUT2D eigenvalue weighted by Crippen LogP contribution is 2.54. The van der Waals surface area contributed by atoms with E-state index >= 15 is 0 Å². The van der Waals surface area contributed by atoms with Crippen LogP contribution in [0.4, 0.5) is 17.1 Å². The first-order chi connectivity index (χ1) is 22.3. The summed E-state index contributed by atoms with van der Waals surface area (Å²) in [5.74, 6) is 0. The molecule has 45 heavy (non-hydrogen) atoms. The van der Waals surface area contributed by atoms with Crippen molar-refractivity contribution in [2.24, 2.45) is 0 Å². The molecule has 0 bridgehead atoms. The molecule has 0 N–H and O–H groups in total. The molecule has 0 radical (unpaired) electrons. The van der Waals surface area contributed by atoms with Crippen LogP contribution in [-0.4, -0.2) is 26.5 Å². The molecular weight excluding hydrogens is 550 g/mol. The highest BCUT2D eigenvalue weighted by atomic mass is 15.2. The summed E-state index contributed by atoms with van der Waals surface area (Å²) >= 11 is 0. The summed E-state index contributed by atoms with van der Waals surface area (Å²) < 4.78 is 6.97. The Kier molecular flexibility index (Phi) is 5.70. The van der Waals surface area contributed by atoms with Crippen LogP contribution in [0.1, 0.15) is 5.56 Å². The molecule has 0 atom stereocenters. The van der Waals surface area contributed by atoms with Crippen molar-refractivity contribution in [1.29, 1.82) is 0 Å². The van der Waals surface area contributed by atoms with E-state index in [1.165, 1.54) is 5.56 Å². The number of aromatic nitrogens is 3. The largest absolute Gasteiger partial charge is 0.334 e. The number of rotatable bonds is 4. The SMILES string of the molecule is C1=CC(c2cccc(-n3c4c(c5cnccc53)-c3ccccc3N(c3ccc(-c5ccccn5)cc3)c3ccccc3-4)c2)=[N+]=C1. The van der Waals surface area contributed by atoms with Gasteiger partial charge >= 0.3 is 5.71 Å². The number of pyridine rings is 2. The fourth-order valence-electron chi connectivity index (χ4n) is 6.68. The van der Waals surface area contributed by atoms with Gasteiger partial charge in [0.2, 0.25) is 0 Å². The topological polar surface area (TPSA) is 48.1 Å². The van der Waals surface area contributed by atoms with Crippen LogP contribution >= 0.6 is 0 Å². The number of hydrogen-bond acceptors (Lipinski definition) is 3. The van der Waals surface area contributed by atoms with Crippen LogP contribution in [0.25, 0.3) is 50.2 Å². The van der Waals surface area contributed by atoms with Crippen molar-refractivity contribution in [3.8, 4) is 39.3 Å². The van der Waals surface area contributed by atoms with E-state index in [9.17, 15) is 0 Å².